The van der Waals surface area contributed by atoms with E-state index in [4.69, 9.17) is 0 Å². The van der Waals surface area contributed by atoms with Gasteiger partial charge in [-0.25, -0.2) is 0 Å². The van der Waals surface area contributed by atoms with Crippen molar-refractivity contribution >= 4 is 0 Å². The van der Waals surface area contributed by atoms with Crippen LogP contribution in [0.3, 0.4) is 0 Å². The summed E-state index contributed by atoms with van der Waals surface area (Å²) in [5.74, 6) is 1.97. The fraction of sp³-hybridized carbons (Fsp3) is 0.429. The van der Waals surface area contributed by atoms with Gasteiger partial charge in [-0.1, -0.05) is 24.3 Å². The Morgan fingerprint density at radius 1 is 0.652 bits per heavy atom. The molecule has 2 atom stereocenters. The normalized spacial score (nSPS) is 20.9. The monoisotopic (exact) mass is 310 g/mol. The van der Waals surface area contributed by atoms with E-state index in [0.29, 0.717) is 23.3 Å². The molecule has 0 saturated heterocycles. The van der Waals surface area contributed by atoms with Crippen molar-refractivity contribution in [2.24, 2.45) is 0 Å². The van der Waals surface area contributed by atoms with E-state index in [1.807, 2.05) is 27.7 Å². The summed E-state index contributed by atoms with van der Waals surface area (Å²) < 4.78 is 0. The SMILES string of the molecule is Cc1cc(C2CCC(c3cc(C)c(O)c(C)c3)C2)cc(C)c1O. The van der Waals surface area contributed by atoms with Crippen molar-refractivity contribution in [3.05, 3.63) is 57.6 Å². The molecule has 2 heteroatoms. The molecule has 0 amide bonds. The van der Waals surface area contributed by atoms with Crippen LogP contribution in [-0.4, -0.2) is 10.2 Å². The summed E-state index contributed by atoms with van der Waals surface area (Å²) in [5.41, 5.74) is 6.60. The number of hydrogen-bond acceptors (Lipinski definition) is 2. The van der Waals surface area contributed by atoms with Gasteiger partial charge in [0.25, 0.3) is 0 Å². The van der Waals surface area contributed by atoms with Crippen molar-refractivity contribution in [2.75, 3.05) is 0 Å². The lowest BCUT2D eigenvalue weighted by molar-refractivity contribution is 0.466. The minimum Gasteiger partial charge on any atom is -0.507 e. The van der Waals surface area contributed by atoms with Crippen molar-refractivity contribution < 1.29 is 10.2 Å². The number of aryl methyl sites for hydroxylation is 4. The zero-order valence-electron chi connectivity index (χ0n) is 14.5. The van der Waals surface area contributed by atoms with E-state index in [-0.39, 0.29) is 0 Å². The Bertz CT molecular complexity index is 636. The van der Waals surface area contributed by atoms with Crippen molar-refractivity contribution in [3.63, 3.8) is 0 Å². The number of benzene rings is 2. The molecule has 1 aliphatic carbocycles. The van der Waals surface area contributed by atoms with Crippen molar-refractivity contribution in [1.82, 2.24) is 0 Å². The zero-order chi connectivity index (χ0) is 16.7. The molecule has 0 heterocycles. The van der Waals surface area contributed by atoms with Crippen LogP contribution >= 0.6 is 0 Å². The molecule has 2 aromatic rings. The van der Waals surface area contributed by atoms with Gasteiger partial charge >= 0.3 is 0 Å². The molecule has 3 rings (SSSR count). The highest BCUT2D eigenvalue weighted by molar-refractivity contribution is 5.45. The maximum absolute atomic E-state index is 9.97. The molecule has 23 heavy (non-hydrogen) atoms. The fourth-order valence-electron chi connectivity index (χ4n) is 4.04. The fourth-order valence-corrected chi connectivity index (χ4v) is 4.04. The van der Waals surface area contributed by atoms with Crippen molar-refractivity contribution in [3.8, 4) is 11.5 Å². The van der Waals surface area contributed by atoms with Crippen LogP contribution in [0.5, 0.6) is 11.5 Å². The van der Waals surface area contributed by atoms with E-state index >= 15 is 0 Å². The van der Waals surface area contributed by atoms with Crippen LogP contribution < -0.4 is 0 Å². The number of hydrogen-bond donors (Lipinski definition) is 2. The van der Waals surface area contributed by atoms with E-state index in [9.17, 15) is 10.2 Å². The smallest absolute Gasteiger partial charge is 0.121 e. The van der Waals surface area contributed by atoms with Gasteiger partial charge in [0, 0.05) is 0 Å². The van der Waals surface area contributed by atoms with Crippen LogP contribution in [0.15, 0.2) is 24.3 Å². The zero-order valence-corrected chi connectivity index (χ0v) is 14.5. The molecule has 1 fully saturated rings. The molecule has 2 aromatic carbocycles. The van der Waals surface area contributed by atoms with E-state index in [1.54, 1.807) is 0 Å². The average Bonchev–Trinajstić information content (AvgIpc) is 2.99. The molecule has 0 spiro atoms. The number of phenolic OH excluding ortho intramolecular Hbond substituents is 2. The molecule has 2 nitrogen and oxygen atoms in total. The molecule has 2 N–H and O–H groups in total. The van der Waals surface area contributed by atoms with Gasteiger partial charge in [-0.3, -0.25) is 0 Å². The van der Waals surface area contributed by atoms with Crippen molar-refractivity contribution in [2.45, 2.75) is 58.8 Å². The van der Waals surface area contributed by atoms with Crippen LogP contribution in [0.25, 0.3) is 0 Å². The van der Waals surface area contributed by atoms with E-state index < -0.39 is 0 Å². The second-order valence-corrected chi connectivity index (χ2v) is 7.21. The summed E-state index contributed by atoms with van der Waals surface area (Å²) in [6.45, 7) is 7.91. The third-order valence-electron chi connectivity index (χ3n) is 5.40. The summed E-state index contributed by atoms with van der Waals surface area (Å²) in [7, 11) is 0. The standard InChI is InChI=1S/C21H26O2/c1-12-7-18(8-13(2)20(12)22)16-5-6-17(11-16)19-9-14(3)21(23)15(4)10-19/h7-10,16-17,22-23H,5-6,11H2,1-4H3. The largest absolute Gasteiger partial charge is 0.507 e. The molecule has 1 saturated carbocycles. The highest BCUT2D eigenvalue weighted by Crippen LogP contribution is 2.45. The predicted molar refractivity (Wildman–Crippen MR) is 94.5 cm³/mol. The lowest BCUT2D eigenvalue weighted by Crippen LogP contribution is -1.98. The van der Waals surface area contributed by atoms with Gasteiger partial charge in [0.05, 0.1) is 0 Å². The van der Waals surface area contributed by atoms with Gasteiger partial charge in [-0.2, -0.15) is 0 Å². The Labute approximate surface area is 138 Å². The number of phenols is 2. The van der Waals surface area contributed by atoms with Crippen LogP contribution in [0, 0.1) is 27.7 Å². The summed E-state index contributed by atoms with van der Waals surface area (Å²) in [6, 6.07) is 8.57. The number of aromatic hydroxyl groups is 2. The Morgan fingerprint density at radius 2 is 0.957 bits per heavy atom. The quantitative estimate of drug-likeness (QED) is 0.781. The molecular formula is C21H26O2. The van der Waals surface area contributed by atoms with Gasteiger partial charge in [-0.15, -0.1) is 0 Å². The Hall–Kier alpha value is -1.96. The molecular weight excluding hydrogens is 284 g/mol. The van der Waals surface area contributed by atoms with Crippen molar-refractivity contribution in [1.29, 1.82) is 0 Å². The molecule has 0 aliphatic heterocycles. The van der Waals surface area contributed by atoms with E-state index in [1.165, 1.54) is 24.0 Å². The van der Waals surface area contributed by atoms with Gasteiger partial charge in [-0.05, 0) is 92.2 Å². The maximum atomic E-state index is 9.97. The van der Waals surface area contributed by atoms with Gasteiger partial charge in [0.1, 0.15) is 11.5 Å². The third-order valence-corrected chi connectivity index (χ3v) is 5.40. The Morgan fingerprint density at radius 3 is 1.26 bits per heavy atom. The first-order valence-electron chi connectivity index (χ1n) is 8.47. The Kier molecular flexibility index (Phi) is 4.09. The second kappa shape index (κ2) is 5.92. The third kappa shape index (κ3) is 2.95. The summed E-state index contributed by atoms with van der Waals surface area (Å²) >= 11 is 0. The summed E-state index contributed by atoms with van der Waals surface area (Å²) in [4.78, 5) is 0. The van der Waals surface area contributed by atoms with E-state index in [0.717, 1.165) is 28.7 Å². The van der Waals surface area contributed by atoms with Crippen LogP contribution in [0.2, 0.25) is 0 Å². The second-order valence-electron chi connectivity index (χ2n) is 7.21. The predicted octanol–water partition coefficient (Wildman–Crippen LogP) is 5.38. The van der Waals surface area contributed by atoms with E-state index in [2.05, 4.69) is 24.3 Å². The van der Waals surface area contributed by atoms with Crippen LogP contribution in [0.4, 0.5) is 0 Å². The average molecular weight is 310 g/mol. The molecule has 2 unspecified atom stereocenters. The number of rotatable bonds is 2. The highest BCUT2D eigenvalue weighted by Gasteiger charge is 2.28. The first-order chi connectivity index (χ1) is 10.9. The minimum absolute atomic E-state index is 0.424. The maximum Gasteiger partial charge on any atom is 0.121 e. The molecule has 0 radical (unpaired) electrons. The molecule has 122 valence electrons. The minimum atomic E-state index is 0.424. The first-order valence-corrected chi connectivity index (χ1v) is 8.47. The first kappa shape index (κ1) is 15.9. The van der Waals surface area contributed by atoms with Gasteiger partial charge in [0.15, 0.2) is 0 Å². The Balaban J connectivity index is 1.84. The molecule has 1 aliphatic rings. The lowest BCUT2D eigenvalue weighted by Gasteiger charge is -2.16. The van der Waals surface area contributed by atoms with Gasteiger partial charge in [0.2, 0.25) is 0 Å². The summed E-state index contributed by atoms with van der Waals surface area (Å²) in [6.07, 6.45) is 3.52. The summed E-state index contributed by atoms with van der Waals surface area (Å²) in [5, 5.41) is 19.9. The van der Waals surface area contributed by atoms with Crippen LogP contribution in [-0.2, 0) is 0 Å². The molecule has 0 aromatic heterocycles. The highest BCUT2D eigenvalue weighted by atomic mass is 16.3. The van der Waals surface area contributed by atoms with Crippen LogP contribution in [0.1, 0.15) is 64.5 Å². The topological polar surface area (TPSA) is 40.5 Å². The lowest BCUT2D eigenvalue weighted by atomic mass is 9.90. The van der Waals surface area contributed by atoms with Gasteiger partial charge < -0.3 is 10.2 Å². The molecule has 0 bridgehead atoms.